The number of nitrogens with zero attached hydrogens (tertiary/aromatic N) is 4. The smallest absolute Gasteiger partial charge is 0.225 e. The number of benzene rings is 1. The topological polar surface area (TPSA) is 61.4 Å². The predicted octanol–water partition coefficient (Wildman–Crippen LogP) is 3.56. The summed E-state index contributed by atoms with van der Waals surface area (Å²) in [5.41, 5.74) is 2.04. The lowest BCUT2D eigenvalue weighted by molar-refractivity contribution is -0.129. The van der Waals surface area contributed by atoms with Crippen molar-refractivity contribution < 1.29 is 4.79 Å². The number of amides is 1. The van der Waals surface area contributed by atoms with Gasteiger partial charge in [0.15, 0.2) is 0 Å². The van der Waals surface area contributed by atoms with Crippen molar-refractivity contribution in [3.05, 3.63) is 36.4 Å². The molecule has 4 rings (SSSR count). The van der Waals surface area contributed by atoms with Gasteiger partial charge in [0, 0.05) is 50.8 Å². The Bertz CT molecular complexity index is 796. The fraction of sp³-hybridized carbons (Fsp3) is 0.500. The molecule has 6 heteroatoms. The molecule has 2 aromatic rings. The Morgan fingerprint density at radius 2 is 1.71 bits per heavy atom. The van der Waals surface area contributed by atoms with Gasteiger partial charge in [0.1, 0.15) is 5.82 Å². The van der Waals surface area contributed by atoms with E-state index in [-0.39, 0.29) is 5.91 Å². The summed E-state index contributed by atoms with van der Waals surface area (Å²) >= 11 is 0. The van der Waals surface area contributed by atoms with Gasteiger partial charge in [-0.05, 0) is 12.8 Å². The van der Waals surface area contributed by atoms with Crippen LogP contribution in [0.4, 0.5) is 11.8 Å². The van der Waals surface area contributed by atoms with Gasteiger partial charge in [-0.25, -0.2) is 4.98 Å². The van der Waals surface area contributed by atoms with Crippen LogP contribution in [0.25, 0.3) is 11.3 Å². The van der Waals surface area contributed by atoms with Gasteiger partial charge in [-0.1, -0.05) is 49.6 Å². The summed E-state index contributed by atoms with van der Waals surface area (Å²) in [6.45, 7) is 4.72. The van der Waals surface area contributed by atoms with Crippen molar-refractivity contribution in [1.29, 1.82) is 0 Å². The van der Waals surface area contributed by atoms with E-state index < -0.39 is 0 Å². The average Bonchev–Trinajstić information content (AvgIpc) is 2.75. The highest BCUT2D eigenvalue weighted by molar-refractivity contribution is 5.73. The van der Waals surface area contributed by atoms with Crippen molar-refractivity contribution in [2.45, 2.75) is 45.1 Å². The molecule has 1 saturated heterocycles. The van der Waals surface area contributed by atoms with Gasteiger partial charge in [0.05, 0.1) is 5.69 Å². The standard InChI is InChI=1S/C22H29N5O/c1-17(28)26-12-14-27(15-13-26)21-16-20(18-8-4-2-5-9-18)24-22(25-21)23-19-10-6-3-7-11-19/h2,4-5,8-9,16,19H,3,6-7,10-15H2,1H3,(H,23,24,25). The van der Waals surface area contributed by atoms with Crippen LogP contribution in [-0.2, 0) is 4.79 Å². The van der Waals surface area contributed by atoms with E-state index in [1.165, 1.54) is 32.1 Å². The molecule has 6 nitrogen and oxygen atoms in total. The van der Waals surface area contributed by atoms with Crippen LogP contribution in [0.1, 0.15) is 39.0 Å². The second kappa shape index (κ2) is 8.59. The van der Waals surface area contributed by atoms with Crippen molar-refractivity contribution in [2.24, 2.45) is 0 Å². The first-order chi connectivity index (χ1) is 13.7. The van der Waals surface area contributed by atoms with Crippen LogP contribution in [-0.4, -0.2) is 53.0 Å². The third kappa shape index (κ3) is 4.43. The maximum atomic E-state index is 11.6. The number of carbonyl (C=O) groups is 1. The van der Waals surface area contributed by atoms with E-state index in [4.69, 9.17) is 9.97 Å². The van der Waals surface area contributed by atoms with Crippen molar-refractivity contribution >= 4 is 17.7 Å². The summed E-state index contributed by atoms with van der Waals surface area (Å²) in [5.74, 6) is 1.81. The molecule has 0 radical (unpaired) electrons. The van der Waals surface area contributed by atoms with Crippen molar-refractivity contribution in [2.75, 3.05) is 36.4 Å². The number of hydrogen-bond donors (Lipinski definition) is 1. The van der Waals surface area contributed by atoms with Gasteiger partial charge in [-0.2, -0.15) is 4.98 Å². The summed E-state index contributed by atoms with van der Waals surface area (Å²) in [6.07, 6.45) is 6.25. The Hall–Kier alpha value is -2.63. The molecule has 1 saturated carbocycles. The molecule has 2 aliphatic rings. The highest BCUT2D eigenvalue weighted by atomic mass is 16.2. The third-order valence-corrected chi connectivity index (χ3v) is 5.77. The Morgan fingerprint density at radius 3 is 2.39 bits per heavy atom. The van der Waals surface area contributed by atoms with E-state index in [1.54, 1.807) is 6.92 Å². The van der Waals surface area contributed by atoms with Crippen LogP contribution in [0.3, 0.4) is 0 Å². The number of carbonyl (C=O) groups excluding carboxylic acids is 1. The molecule has 2 fully saturated rings. The van der Waals surface area contributed by atoms with Crippen molar-refractivity contribution in [3.8, 4) is 11.3 Å². The number of anilines is 2. The van der Waals surface area contributed by atoms with Crippen LogP contribution < -0.4 is 10.2 Å². The molecule has 1 aromatic carbocycles. The van der Waals surface area contributed by atoms with E-state index in [2.05, 4.69) is 28.4 Å². The first-order valence-corrected chi connectivity index (χ1v) is 10.4. The summed E-state index contributed by atoms with van der Waals surface area (Å²) in [4.78, 5) is 25.5. The van der Waals surface area contributed by atoms with Gasteiger partial charge < -0.3 is 15.1 Å². The molecule has 148 valence electrons. The highest BCUT2D eigenvalue weighted by Gasteiger charge is 2.22. The first-order valence-electron chi connectivity index (χ1n) is 10.4. The SMILES string of the molecule is CC(=O)N1CCN(c2cc(-c3ccccc3)nc(NC3CCCCC3)n2)CC1. The number of rotatable bonds is 4. The quantitative estimate of drug-likeness (QED) is 0.880. The predicted molar refractivity (Wildman–Crippen MR) is 112 cm³/mol. The molecule has 1 aliphatic carbocycles. The second-order valence-electron chi connectivity index (χ2n) is 7.77. The van der Waals surface area contributed by atoms with Gasteiger partial charge in [-0.15, -0.1) is 0 Å². The van der Waals surface area contributed by atoms with Crippen LogP contribution in [0.15, 0.2) is 36.4 Å². The number of piperazine rings is 1. The van der Waals surface area contributed by atoms with E-state index in [0.29, 0.717) is 6.04 Å². The van der Waals surface area contributed by atoms with E-state index >= 15 is 0 Å². The van der Waals surface area contributed by atoms with E-state index in [0.717, 1.165) is 49.2 Å². The Balaban J connectivity index is 1.59. The second-order valence-corrected chi connectivity index (χ2v) is 7.77. The Kier molecular flexibility index (Phi) is 5.74. The zero-order chi connectivity index (χ0) is 19.3. The van der Waals surface area contributed by atoms with Crippen LogP contribution in [0.5, 0.6) is 0 Å². The zero-order valence-electron chi connectivity index (χ0n) is 16.6. The summed E-state index contributed by atoms with van der Waals surface area (Å²) in [7, 11) is 0. The number of nitrogens with one attached hydrogen (secondary N) is 1. The average molecular weight is 380 g/mol. The lowest BCUT2D eigenvalue weighted by Gasteiger charge is -2.35. The normalized spacial score (nSPS) is 18.2. The Labute approximate surface area is 167 Å². The minimum Gasteiger partial charge on any atom is -0.353 e. The van der Waals surface area contributed by atoms with Crippen molar-refractivity contribution in [1.82, 2.24) is 14.9 Å². The molecule has 0 unspecified atom stereocenters. The molecule has 28 heavy (non-hydrogen) atoms. The number of hydrogen-bond acceptors (Lipinski definition) is 5. The molecular formula is C22H29N5O. The minimum atomic E-state index is 0.145. The molecule has 2 heterocycles. The van der Waals surface area contributed by atoms with Crippen LogP contribution in [0, 0.1) is 0 Å². The molecule has 1 aromatic heterocycles. The largest absolute Gasteiger partial charge is 0.353 e. The summed E-state index contributed by atoms with van der Waals surface area (Å²) in [5, 5.41) is 3.58. The lowest BCUT2D eigenvalue weighted by Crippen LogP contribution is -2.48. The summed E-state index contributed by atoms with van der Waals surface area (Å²) < 4.78 is 0. The minimum absolute atomic E-state index is 0.145. The monoisotopic (exact) mass is 379 g/mol. The fourth-order valence-corrected chi connectivity index (χ4v) is 4.10. The zero-order valence-corrected chi connectivity index (χ0v) is 16.6. The fourth-order valence-electron chi connectivity index (χ4n) is 4.10. The maximum absolute atomic E-state index is 11.6. The van der Waals surface area contributed by atoms with E-state index in [9.17, 15) is 4.79 Å². The van der Waals surface area contributed by atoms with Gasteiger partial charge in [0.25, 0.3) is 0 Å². The van der Waals surface area contributed by atoms with Crippen LogP contribution in [0.2, 0.25) is 0 Å². The molecule has 1 N–H and O–H groups in total. The van der Waals surface area contributed by atoms with E-state index in [1.807, 2.05) is 23.1 Å². The molecule has 1 aliphatic heterocycles. The molecule has 1 amide bonds. The number of aromatic nitrogens is 2. The lowest BCUT2D eigenvalue weighted by atomic mass is 9.96. The van der Waals surface area contributed by atoms with Gasteiger partial charge in [0.2, 0.25) is 11.9 Å². The molecule has 0 spiro atoms. The first kappa shape index (κ1) is 18.7. The third-order valence-electron chi connectivity index (χ3n) is 5.77. The van der Waals surface area contributed by atoms with Crippen LogP contribution >= 0.6 is 0 Å². The highest BCUT2D eigenvalue weighted by Crippen LogP contribution is 2.26. The molecule has 0 bridgehead atoms. The Morgan fingerprint density at radius 1 is 1.00 bits per heavy atom. The van der Waals surface area contributed by atoms with Gasteiger partial charge in [-0.3, -0.25) is 4.79 Å². The molecular weight excluding hydrogens is 350 g/mol. The molecule has 0 atom stereocenters. The van der Waals surface area contributed by atoms with Gasteiger partial charge >= 0.3 is 0 Å². The maximum Gasteiger partial charge on any atom is 0.225 e. The van der Waals surface area contributed by atoms with Crippen molar-refractivity contribution in [3.63, 3.8) is 0 Å². The summed E-state index contributed by atoms with van der Waals surface area (Å²) in [6, 6.07) is 12.8.